The molecule has 0 spiro atoms. The molecule has 3 aliphatic heterocycles. The smallest absolute Gasteiger partial charge is 0.407 e. The van der Waals surface area contributed by atoms with Crippen molar-refractivity contribution in [1.82, 2.24) is 44.9 Å². The number of carbonyl (C=O) groups excluding carboxylic acids is 4. The molecule has 3 aliphatic rings. The van der Waals surface area contributed by atoms with Crippen molar-refractivity contribution < 1.29 is 42.5 Å². The monoisotopic (exact) mass is 963 g/mol. The van der Waals surface area contributed by atoms with Crippen LogP contribution in [-0.4, -0.2) is 111 Å². The van der Waals surface area contributed by atoms with Crippen molar-refractivity contribution in [2.45, 2.75) is 83.5 Å². The topological polar surface area (TPSA) is 198 Å². The van der Waals surface area contributed by atoms with Gasteiger partial charge < -0.3 is 53.9 Å². The molecule has 6 atom stereocenters. The number of alkyl halides is 1. The Balaban J connectivity index is 1.04. The fourth-order valence-electron chi connectivity index (χ4n) is 9.78. The Bertz CT molecular complexity index is 2930. The van der Waals surface area contributed by atoms with Gasteiger partial charge in [-0.1, -0.05) is 57.5 Å². The number of aromatic nitrogens is 5. The minimum absolute atomic E-state index is 0.0542. The third-order valence-electron chi connectivity index (χ3n) is 13.3. The third kappa shape index (κ3) is 8.93. The van der Waals surface area contributed by atoms with Gasteiger partial charge in [-0.3, -0.25) is 9.59 Å². The summed E-state index contributed by atoms with van der Waals surface area (Å²) in [6.45, 7) is 7.76. The van der Waals surface area contributed by atoms with E-state index in [1.54, 1.807) is 38.3 Å². The van der Waals surface area contributed by atoms with Gasteiger partial charge in [-0.15, -0.1) is 0 Å². The first-order valence-electron chi connectivity index (χ1n) is 23.0. The number of benzene rings is 3. The van der Waals surface area contributed by atoms with E-state index < -0.39 is 48.6 Å². The number of nitrogens with one attached hydrogen (secondary N) is 4. The van der Waals surface area contributed by atoms with E-state index in [1.165, 1.54) is 19.1 Å². The van der Waals surface area contributed by atoms with E-state index in [1.807, 2.05) is 68.4 Å². The summed E-state index contributed by atoms with van der Waals surface area (Å²) in [5, 5.41) is 6.63. The minimum Gasteiger partial charge on any atom is -0.497 e. The number of halogens is 2. The summed E-state index contributed by atoms with van der Waals surface area (Å²) >= 11 is 7.28. The number of hydrogen-bond acceptors (Lipinski definition) is 10. The van der Waals surface area contributed by atoms with Crippen molar-refractivity contribution in [3.63, 3.8) is 0 Å². The van der Waals surface area contributed by atoms with Gasteiger partial charge in [0.1, 0.15) is 41.4 Å². The quantitative estimate of drug-likeness (QED) is 0.0920. The van der Waals surface area contributed by atoms with E-state index in [9.17, 15) is 19.2 Å². The van der Waals surface area contributed by atoms with Crippen LogP contribution < -0.4 is 20.1 Å². The minimum atomic E-state index is -1.27. The number of rotatable bonds is 12. The predicted octanol–water partition coefficient (Wildman–Crippen LogP) is 8.73. The molecule has 3 aromatic heterocycles. The zero-order chi connectivity index (χ0) is 48.8. The second-order valence-electron chi connectivity index (χ2n) is 18.4. The molecule has 2 fully saturated rings. The average Bonchev–Trinajstić information content (AvgIpc) is 4.21. The molecule has 17 nitrogen and oxygen atoms in total. The summed E-state index contributed by atoms with van der Waals surface area (Å²) in [5.74, 6) is 1.21. The van der Waals surface area contributed by atoms with Crippen LogP contribution in [0.4, 0.5) is 14.0 Å². The van der Waals surface area contributed by atoms with Gasteiger partial charge in [0.15, 0.2) is 0 Å². The Morgan fingerprint density at radius 3 is 2.12 bits per heavy atom. The SMILES string of the molecule is COC(=O)NC(C(=O)N1CCC[C@H]1c1ncc(-c2cc(Cl)c3c(c2)OC(c2cccc(OC)c2)n2c-3cc3cc(-c4cnc([C@@H]5C[C@@H](F)CN5C(=O)[C@@H](NC(=O)OC)C(C)C)[nH]4)ccc32)[nH]1)C(C)C. The Labute approximate surface area is 403 Å². The standard InChI is InChI=1S/C50H55ClFN9O8/c1-25(2)42(57-49(64)67-6)46(62)59-15-9-12-37(59)44-53-23-35(56-44)29-18-33(51)41-38-19-30-16-27(13-14-36(30)61(38)48(69-40(41)20-29)28-10-8-11-32(17-28)66-5)34-22-54-45(55-34)39-21-31(52)24-60(39)47(63)43(26(3)4)58-50(65)68-7/h8,10-11,13-14,16-20,22-23,25-26,31,37,39,42-43,48H,9,12,15,21,24H2,1-7H3,(H,53,56)(H,54,55)(H,57,64)(H,58,65)/t31-,37+,39+,42?,43+,48?/m1/s1. The molecule has 0 saturated carbocycles. The van der Waals surface area contributed by atoms with Crippen molar-refractivity contribution in [3.8, 4) is 45.3 Å². The van der Waals surface area contributed by atoms with Crippen LogP contribution in [0.2, 0.25) is 5.02 Å². The van der Waals surface area contributed by atoms with Gasteiger partial charge in [-0.05, 0) is 67.1 Å². The molecule has 6 heterocycles. The van der Waals surface area contributed by atoms with Crippen molar-refractivity contribution in [3.05, 3.63) is 95.3 Å². The number of methoxy groups -OCH3 is 3. The lowest BCUT2D eigenvalue weighted by atomic mass is 10.0. The number of amides is 4. The number of ether oxygens (including phenoxy) is 4. The first kappa shape index (κ1) is 47.0. The molecule has 0 aliphatic carbocycles. The molecule has 0 bridgehead atoms. The fraction of sp³-hybridized carbons (Fsp3) is 0.400. The predicted molar refractivity (Wildman–Crippen MR) is 255 cm³/mol. The Morgan fingerprint density at radius 1 is 0.812 bits per heavy atom. The van der Waals surface area contributed by atoms with Crippen LogP contribution in [0.3, 0.4) is 0 Å². The molecular weight excluding hydrogens is 909 g/mol. The lowest BCUT2D eigenvalue weighted by Gasteiger charge is -2.31. The second kappa shape index (κ2) is 19.1. The van der Waals surface area contributed by atoms with Crippen molar-refractivity contribution in [2.75, 3.05) is 34.4 Å². The molecule has 4 N–H and O–H groups in total. The van der Waals surface area contributed by atoms with Gasteiger partial charge in [-0.2, -0.15) is 0 Å². The van der Waals surface area contributed by atoms with E-state index in [4.69, 9.17) is 35.5 Å². The van der Waals surface area contributed by atoms with Gasteiger partial charge in [0.25, 0.3) is 0 Å². The molecule has 19 heteroatoms. The molecule has 2 saturated heterocycles. The summed E-state index contributed by atoms with van der Waals surface area (Å²) < 4.78 is 39.3. The van der Waals surface area contributed by atoms with Crippen LogP contribution in [0.1, 0.15) is 82.5 Å². The largest absolute Gasteiger partial charge is 0.497 e. The highest BCUT2D eigenvalue weighted by atomic mass is 35.5. The lowest BCUT2D eigenvalue weighted by molar-refractivity contribution is -0.136. The molecule has 0 radical (unpaired) electrons. The van der Waals surface area contributed by atoms with Crippen LogP contribution in [0.15, 0.2) is 73.1 Å². The molecule has 362 valence electrons. The van der Waals surface area contributed by atoms with Crippen LogP contribution >= 0.6 is 11.6 Å². The first-order valence-corrected chi connectivity index (χ1v) is 23.4. The maximum Gasteiger partial charge on any atom is 0.407 e. The summed E-state index contributed by atoms with van der Waals surface area (Å²) in [4.78, 5) is 71.3. The van der Waals surface area contributed by atoms with E-state index in [0.29, 0.717) is 58.1 Å². The lowest BCUT2D eigenvalue weighted by Crippen LogP contribution is -2.51. The van der Waals surface area contributed by atoms with E-state index in [2.05, 4.69) is 36.2 Å². The van der Waals surface area contributed by atoms with E-state index >= 15 is 4.39 Å². The molecule has 6 aromatic rings. The Kier molecular flexibility index (Phi) is 13.0. The number of aromatic amines is 2. The maximum absolute atomic E-state index is 15.1. The summed E-state index contributed by atoms with van der Waals surface area (Å²) in [6.07, 6.45) is 1.62. The number of imidazole rings is 2. The molecule has 2 unspecified atom stereocenters. The van der Waals surface area contributed by atoms with Crippen molar-refractivity contribution in [2.24, 2.45) is 11.8 Å². The first-order chi connectivity index (χ1) is 33.2. The second-order valence-corrected chi connectivity index (χ2v) is 18.8. The van der Waals surface area contributed by atoms with Crippen LogP contribution in [0.5, 0.6) is 11.5 Å². The molecule has 4 amide bonds. The fourth-order valence-corrected chi connectivity index (χ4v) is 10.1. The normalized spacial score (nSPS) is 19.5. The Morgan fingerprint density at radius 2 is 1.46 bits per heavy atom. The summed E-state index contributed by atoms with van der Waals surface area (Å²) in [5.41, 5.74) is 6.11. The van der Waals surface area contributed by atoms with Crippen molar-refractivity contribution >= 4 is 46.5 Å². The van der Waals surface area contributed by atoms with Crippen molar-refractivity contribution in [1.29, 1.82) is 0 Å². The van der Waals surface area contributed by atoms with Crippen LogP contribution in [-0.2, 0) is 19.1 Å². The summed E-state index contributed by atoms with van der Waals surface area (Å²) in [7, 11) is 4.11. The number of alkyl carbamates (subject to hydrolysis) is 2. The molecule has 69 heavy (non-hydrogen) atoms. The van der Waals surface area contributed by atoms with Gasteiger partial charge in [0.05, 0.1) is 85.5 Å². The highest BCUT2D eigenvalue weighted by Gasteiger charge is 2.42. The molecular formula is C50H55ClFN9O8. The van der Waals surface area contributed by atoms with Gasteiger partial charge in [0, 0.05) is 35.0 Å². The van der Waals surface area contributed by atoms with E-state index in [0.717, 1.165) is 39.7 Å². The van der Waals surface area contributed by atoms with Crippen LogP contribution in [0, 0.1) is 11.8 Å². The van der Waals surface area contributed by atoms with Gasteiger partial charge in [0.2, 0.25) is 18.0 Å². The average molecular weight is 964 g/mol. The zero-order valence-electron chi connectivity index (χ0n) is 39.3. The van der Waals surface area contributed by atoms with Gasteiger partial charge in [-0.25, -0.2) is 23.9 Å². The Hall–Kier alpha value is -7.08. The number of likely N-dealkylation sites (tertiary alicyclic amines) is 2. The highest BCUT2D eigenvalue weighted by molar-refractivity contribution is 6.34. The number of fused-ring (bicyclic) bond motifs is 5. The molecule has 3 aromatic carbocycles. The summed E-state index contributed by atoms with van der Waals surface area (Å²) in [6, 6.07) is 16.9. The highest BCUT2D eigenvalue weighted by Crippen LogP contribution is 2.49. The van der Waals surface area contributed by atoms with Crippen LogP contribution in [0.25, 0.3) is 44.7 Å². The number of nitrogens with zero attached hydrogens (tertiary/aromatic N) is 5. The maximum atomic E-state index is 15.1. The number of hydrogen-bond donors (Lipinski definition) is 4. The number of H-pyrrole nitrogens is 2. The molecule has 9 rings (SSSR count). The van der Waals surface area contributed by atoms with Gasteiger partial charge >= 0.3 is 12.2 Å². The third-order valence-corrected chi connectivity index (χ3v) is 13.6. The zero-order valence-corrected chi connectivity index (χ0v) is 40.1. The van der Waals surface area contributed by atoms with E-state index in [-0.39, 0.29) is 36.8 Å². The number of carbonyl (C=O) groups is 4.